The van der Waals surface area contributed by atoms with Crippen LogP contribution in [-0.2, 0) is 6.54 Å². The number of benzene rings is 2. The fourth-order valence-electron chi connectivity index (χ4n) is 4.61. The monoisotopic (exact) mass is 417 g/mol. The smallest absolute Gasteiger partial charge is 0.261 e. The number of aryl methyl sites for hydroxylation is 1. The molecule has 1 aliphatic rings. The van der Waals surface area contributed by atoms with E-state index in [0.717, 1.165) is 37.1 Å². The van der Waals surface area contributed by atoms with Crippen molar-refractivity contribution >= 4 is 16.7 Å². The van der Waals surface area contributed by atoms with Gasteiger partial charge in [0.2, 0.25) is 0 Å². The van der Waals surface area contributed by atoms with Crippen LogP contribution >= 0.6 is 0 Å². The van der Waals surface area contributed by atoms with Crippen LogP contribution in [0.15, 0.2) is 47.3 Å². The first-order chi connectivity index (χ1) is 14.8. The molecule has 0 bridgehead atoms. The summed E-state index contributed by atoms with van der Waals surface area (Å²) in [6.45, 7) is 10.8. The summed E-state index contributed by atoms with van der Waals surface area (Å²) in [4.78, 5) is 33.0. The van der Waals surface area contributed by atoms with E-state index in [0.29, 0.717) is 40.8 Å². The molecular formula is C26H31N3O2. The molecular weight excluding hydrogens is 386 g/mol. The number of aromatic nitrogens is 2. The number of hydrogen-bond acceptors (Lipinski definition) is 4. The highest BCUT2D eigenvalue weighted by Gasteiger charge is 2.24. The molecule has 0 radical (unpaired) electrons. The Labute approximate surface area is 183 Å². The van der Waals surface area contributed by atoms with Gasteiger partial charge < -0.3 is 4.90 Å². The Bertz CT molecular complexity index is 1180. The highest BCUT2D eigenvalue weighted by Crippen LogP contribution is 2.26. The zero-order valence-electron chi connectivity index (χ0n) is 18.9. The van der Waals surface area contributed by atoms with Crippen molar-refractivity contribution < 1.29 is 4.79 Å². The first kappa shape index (κ1) is 21.4. The van der Waals surface area contributed by atoms with Crippen molar-refractivity contribution in [3.63, 3.8) is 0 Å². The van der Waals surface area contributed by atoms with Crippen molar-refractivity contribution in [3.05, 3.63) is 63.9 Å². The van der Waals surface area contributed by atoms with Gasteiger partial charge in [-0.05, 0) is 76.8 Å². The molecule has 162 valence electrons. The molecule has 5 nitrogen and oxygen atoms in total. The number of hydrogen-bond donors (Lipinski definition) is 0. The van der Waals surface area contributed by atoms with Crippen molar-refractivity contribution in [1.29, 1.82) is 0 Å². The van der Waals surface area contributed by atoms with Crippen LogP contribution in [-0.4, -0.2) is 39.4 Å². The van der Waals surface area contributed by atoms with Gasteiger partial charge in [0.25, 0.3) is 5.56 Å². The average molecular weight is 418 g/mol. The number of fused-ring (bicyclic) bond motifs is 1. The third-order valence-corrected chi connectivity index (χ3v) is 6.47. The number of piperidine rings is 1. The number of ketones is 1. The van der Waals surface area contributed by atoms with Gasteiger partial charge in [0.15, 0.2) is 5.78 Å². The lowest BCUT2D eigenvalue weighted by atomic mass is 9.96. The predicted molar refractivity (Wildman–Crippen MR) is 126 cm³/mol. The second kappa shape index (κ2) is 8.75. The predicted octanol–water partition coefficient (Wildman–Crippen LogP) is 4.69. The van der Waals surface area contributed by atoms with E-state index in [4.69, 9.17) is 4.98 Å². The van der Waals surface area contributed by atoms with E-state index in [9.17, 15) is 9.59 Å². The van der Waals surface area contributed by atoms with Gasteiger partial charge in [-0.2, -0.15) is 0 Å². The topological polar surface area (TPSA) is 55.2 Å². The van der Waals surface area contributed by atoms with E-state index in [2.05, 4.69) is 31.7 Å². The molecule has 0 amide bonds. The summed E-state index contributed by atoms with van der Waals surface area (Å²) >= 11 is 0. The van der Waals surface area contributed by atoms with Gasteiger partial charge in [0.1, 0.15) is 5.82 Å². The molecule has 31 heavy (non-hydrogen) atoms. The van der Waals surface area contributed by atoms with Crippen LogP contribution in [0.3, 0.4) is 0 Å². The normalized spacial score (nSPS) is 17.4. The van der Waals surface area contributed by atoms with Crippen LogP contribution in [0.1, 0.15) is 49.5 Å². The fraction of sp³-hybridized carbons (Fsp3) is 0.423. The maximum absolute atomic E-state index is 13.7. The molecule has 0 aliphatic carbocycles. The summed E-state index contributed by atoms with van der Waals surface area (Å²) in [5.41, 5.74) is 3.19. The molecule has 0 saturated carbocycles. The fourth-order valence-corrected chi connectivity index (χ4v) is 4.61. The molecule has 1 unspecified atom stereocenters. The van der Waals surface area contributed by atoms with Crippen LogP contribution in [0.2, 0.25) is 0 Å². The van der Waals surface area contributed by atoms with Gasteiger partial charge in [-0.15, -0.1) is 0 Å². The van der Waals surface area contributed by atoms with Crippen molar-refractivity contribution in [2.24, 2.45) is 5.92 Å². The van der Waals surface area contributed by atoms with Gasteiger partial charge in [0, 0.05) is 30.3 Å². The zero-order valence-corrected chi connectivity index (χ0v) is 18.9. The number of Topliss-reactive ketones (excluding diaryl/α,β-unsaturated/α-hetero) is 1. The van der Waals surface area contributed by atoms with Crippen LogP contribution in [0, 0.1) is 12.8 Å². The second-order valence-electron chi connectivity index (χ2n) is 9.05. The summed E-state index contributed by atoms with van der Waals surface area (Å²) in [7, 11) is 0. The Morgan fingerprint density at radius 2 is 1.97 bits per heavy atom. The van der Waals surface area contributed by atoms with Crippen molar-refractivity contribution in [2.45, 2.75) is 53.1 Å². The first-order valence-corrected chi connectivity index (χ1v) is 11.2. The van der Waals surface area contributed by atoms with Crippen molar-refractivity contribution in [2.75, 3.05) is 13.1 Å². The third-order valence-electron chi connectivity index (χ3n) is 6.47. The van der Waals surface area contributed by atoms with E-state index in [1.54, 1.807) is 18.2 Å². The van der Waals surface area contributed by atoms with E-state index >= 15 is 0 Å². The first-order valence-electron chi connectivity index (χ1n) is 11.2. The highest BCUT2D eigenvalue weighted by molar-refractivity contribution is 5.97. The number of carbonyl (C=O) groups is 1. The largest absolute Gasteiger partial charge is 0.301 e. The number of carbonyl (C=O) groups excluding carboxylic acids is 1. The maximum atomic E-state index is 13.7. The van der Waals surface area contributed by atoms with E-state index < -0.39 is 0 Å². The number of rotatable bonds is 5. The Hall–Kier alpha value is -2.79. The lowest BCUT2D eigenvalue weighted by molar-refractivity contribution is 0.101. The van der Waals surface area contributed by atoms with Gasteiger partial charge in [0.05, 0.1) is 10.9 Å². The summed E-state index contributed by atoms with van der Waals surface area (Å²) in [5, 5.41) is 0.515. The van der Waals surface area contributed by atoms with Gasteiger partial charge in [-0.3, -0.25) is 14.2 Å². The molecule has 1 saturated heterocycles. The minimum Gasteiger partial charge on any atom is -0.301 e. The molecule has 3 aromatic rings. The summed E-state index contributed by atoms with van der Waals surface area (Å²) in [6.07, 6.45) is 2.25. The average Bonchev–Trinajstić information content (AvgIpc) is 2.76. The standard InChI is InChI=1S/C26H31N3O2/c1-17(2)28-13-7-9-20(15-28)16-29-25(22-10-6-5-8-18(22)3)27-24-12-11-21(19(4)30)14-23(24)26(29)31/h5-6,8,10-12,14,17,20H,7,9,13,15-16H2,1-4H3. The van der Waals surface area contributed by atoms with Gasteiger partial charge in [-0.1, -0.05) is 24.3 Å². The lowest BCUT2D eigenvalue weighted by Crippen LogP contribution is -2.42. The van der Waals surface area contributed by atoms with Crippen molar-refractivity contribution in [3.8, 4) is 11.4 Å². The quantitative estimate of drug-likeness (QED) is 0.565. The van der Waals surface area contributed by atoms with Crippen LogP contribution < -0.4 is 5.56 Å². The SMILES string of the molecule is CC(=O)c1ccc2nc(-c3ccccc3C)n(CC3CCCN(C(C)C)C3)c(=O)c2c1. The molecule has 0 spiro atoms. The Morgan fingerprint density at radius 3 is 2.68 bits per heavy atom. The number of nitrogens with zero attached hydrogens (tertiary/aromatic N) is 3. The summed E-state index contributed by atoms with van der Waals surface area (Å²) in [5.74, 6) is 1.07. The summed E-state index contributed by atoms with van der Waals surface area (Å²) < 4.78 is 1.85. The van der Waals surface area contributed by atoms with Crippen LogP contribution in [0.4, 0.5) is 0 Å². The summed E-state index contributed by atoms with van der Waals surface area (Å²) in [6, 6.07) is 13.8. The highest BCUT2D eigenvalue weighted by atomic mass is 16.1. The minimum atomic E-state index is -0.0620. The van der Waals surface area contributed by atoms with Crippen molar-refractivity contribution in [1.82, 2.24) is 14.5 Å². The van der Waals surface area contributed by atoms with Crippen LogP contribution in [0.5, 0.6) is 0 Å². The molecule has 0 N–H and O–H groups in total. The molecule has 1 atom stereocenters. The second-order valence-corrected chi connectivity index (χ2v) is 9.05. The molecule has 2 aromatic carbocycles. The molecule has 1 aliphatic heterocycles. The molecule has 5 heteroatoms. The Kier molecular flexibility index (Phi) is 6.05. The molecule has 4 rings (SSSR count). The van der Waals surface area contributed by atoms with Crippen LogP contribution in [0.25, 0.3) is 22.3 Å². The Balaban J connectivity index is 1.86. The van der Waals surface area contributed by atoms with Gasteiger partial charge >= 0.3 is 0 Å². The molecule has 1 fully saturated rings. The van der Waals surface area contributed by atoms with E-state index in [1.807, 2.05) is 22.8 Å². The zero-order chi connectivity index (χ0) is 22.1. The number of likely N-dealkylation sites (tertiary alicyclic amines) is 1. The van der Waals surface area contributed by atoms with E-state index in [1.165, 1.54) is 6.92 Å². The van der Waals surface area contributed by atoms with E-state index in [-0.39, 0.29) is 11.3 Å². The molecule has 2 heterocycles. The maximum Gasteiger partial charge on any atom is 0.261 e. The third kappa shape index (κ3) is 4.33. The lowest BCUT2D eigenvalue weighted by Gasteiger charge is -2.36. The van der Waals surface area contributed by atoms with Gasteiger partial charge in [-0.25, -0.2) is 4.98 Å². The Morgan fingerprint density at radius 1 is 1.19 bits per heavy atom. The molecule has 1 aromatic heterocycles. The minimum absolute atomic E-state index is 0.0457.